The Morgan fingerprint density at radius 1 is 1.19 bits per heavy atom. The first-order chi connectivity index (χ1) is 15.6. The Bertz CT molecular complexity index is 1260. The van der Waals surface area contributed by atoms with Crippen LogP contribution in [-0.4, -0.2) is 58.0 Å². The third-order valence-corrected chi connectivity index (χ3v) is 6.35. The van der Waals surface area contributed by atoms with Crippen molar-refractivity contribution in [3.8, 4) is 33.5 Å². The first-order valence-corrected chi connectivity index (χ1v) is 10.9. The molecule has 1 fully saturated rings. The number of thiophene rings is 1. The molecular formula is C22H21N5O4S. The number of aromatic nitrogens is 4. The molecule has 0 atom stereocenters. The maximum atomic E-state index is 13.1. The van der Waals surface area contributed by atoms with Crippen LogP contribution in [0.25, 0.3) is 22.0 Å². The Balaban J connectivity index is 1.31. The number of likely N-dealkylation sites (tertiary alicyclic amines) is 1. The second kappa shape index (κ2) is 8.12. The standard InChI is InChI=1S/C22H21N5O4S/c1-26-17(10-16(24-26)15-9-14(29-2)6-7-18(15)30-3)22(28)27-11-13(12-27)21-23-20(25-31-21)19-5-4-8-32-19/h4-10,13H,11-12H2,1-3H3. The zero-order valence-corrected chi connectivity index (χ0v) is 18.6. The normalized spacial score (nSPS) is 13.8. The number of nitrogens with zero attached hydrogens (tertiary/aromatic N) is 5. The van der Waals surface area contributed by atoms with Gasteiger partial charge in [-0.05, 0) is 35.7 Å². The van der Waals surface area contributed by atoms with Gasteiger partial charge >= 0.3 is 0 Å². The summed E-state index contributed by atoms with van der Waals surface area (Å²) in [5.41, 5.74) is 1.89. The van der Waals surface area contributed by atoms with Gasteiger partial charge in [-0.3, -0.25) is 9.48 Å². The van der Waals surface area contributed by atoms with Crippen LogP contribution >= 0.6 is 11.3 Å². The lowest BCUT2D eigenvalue weighted by atomic mass is 9.99. The highest BCUT2D eigenvalue weighted by atomic mass is 32.1. The van der Waals surface area contributed by atoms with Gasteiger partial charge in [0.15, 0.2) is 0 Å². The lowest BCUT2D eigenvalue weighted by molar-refractivity contribution is 0.0558. The summed E-state index contributed by atoms with van der Waals surface area (Å²) in [6, 6.07) is 11.2. The number of hydrogen-bond donors (Lipinski definition) is 0. The molecule has 4 aromatic rings. The van der Waals surface area contributed by atoms with Crippen LogP contribution in [0.2, 0.25) is 0 Å². The molecule has 1 aliphatic rings. The molecular weight excluding hydrogens is 430 g/mol. The van der Waals surface area contributed by atoms with Crippen molar-refractivity contribution in [1.29, 1.82) is 0 Å². The summed E-state index contributed by atoms with van der Waals surface area (Å²) in [5.74, 6) is 2.43. The van der Waals surface area contributed by atoms with E-state index in [0.29, 0.717) is 47.7 Å². The molecule has 1 aliphatic heterocycles. The molecule has 10 heteroatoms. The largest absolute Gasteiger partial charge is 0.497 e. The quantitative estimate of drug-likeness (QED) is 0.443. The van der Waals surface area contributed by atoms with E-state index in [2.05, 4.69) is 15.2 Å². The van der Waals surface area contributed by atoms with E-state index in [0.717, 1.165) is 10.4 Å². The second-order valence-corrected chi connectivity index (χ2v) is 8.39. The Kier molecular flexibility index (Phi) is 5.14. The van der Waals surface area contributed by atoms with Crippen molar-refractivity contribution in [2.24, 2.45) is 7.05 Å². The first kappa shape index (κ1) is 20.3. The molecule has 3 aromatic heterocycles. The van der Waals surface area contributed by atoms with Crippen molar-refractivity contribution in [1.82, 2.24) is 24.8 Å². The van der Waals surface area contributed by atoms with E-state index in [1.807, 2.05) is 35.7 Å². The predicted octanol–water partition coefficient (Wildman–Crippen LogP) is 3.46. The summed E-state index contributed by atoms with van der Waals surface area (Å²) in [7, 11) is 4.96. The van der Waals surface area contributed by atoms with Crippen molar-refractivity contribution in [3.05, 3.63) is 53.4 Å². The summed E-state index contributed by atoms with van der Waals surface area (Å²) in [6.07, 6.45) is 0. The van der Waals surface area contributed by atoms with Crippen LogP contribution in [0.4, 0.5) is 0 Å². The van der Waals surface area contributed by atoms with E-state index in [1.165, 1.54) is 0 Å². The molecule has 9 nitrogen and oxygen atoms in total. The third kappa shape index (κ3) is 3.52. The molecule has 1 aromatic carbocycles. The van der Waals surface area contributed by atoms with Gasteiger partial charge in [-0.1, -0.05) is 11.2 Å². The predicted molar refractivity (Wildman–Crippen MR) is 118 cm³/mol. The highest BCUT2D eigenvalue weighted by molar-refractivity contribution is 7.13. The van der Waals surface area contributed by atoms with Crippen LogP contribution in [-0.2, 0) is 7.05 Å². The minimum absolute atomic E-state index is 0.0336. The minimum atomic E-state index is -0.0950. The first-order valence-electron chi connectivity index (χ1n) is 10.0. The molecule has 0 bridgehead atoms. The monoisotopic (exact) mass is 451 g/mol. The summed E-state index contributed by atoms with van der Waals surface area (Å²) in [6.45, 7) is 1.04. The molecule has 1 amide bonds. The van der Waals surface area contributed by atoms with Gasteiger partial charge in [0, 0.05) is 25.7 Å². The Morgan fingerprint density at radius 2 is 2.03 bits per heavy atom. The smallest absolute Gasteiger partial charge is 0.272 e. The molecule has 0 N–H and O–H groups in total. The molecule has 0 spiro atoms. The number of rotatable bonds is 6. The highest BCUT2D eigenvalue weighted by Crippen LogP contribution is 2.34. The average molecular weight is 452 g/mol. The number of carbonyl (C=O) groups excluding carboxylic acids is 1. The average Bonchev–Trinajstić information content (AvgIpc) is 3.53. The van der Waals surface area contributed by atoms with E-state index in [4.69, 9.17) is 14.0 Å². The number of amides is 1. The fourth-order valence-electron chi connectivity index (χ4n) is 3.68. The van der Waals surface area contributed by atoms with Crippen LogP contribution in [0.3, 0.4) is 0 Å². The fourth-order valence-corrected chi connectivity index (χ4v) is 4.33. The van der Waals surface area contributed by atoms with Gasteiger partial charge in [0.1, 0.15) is 17.2 Å². The van der Waals surface area contributed by atoms with Crippen LogP contribution in [0, 0.1) is 0 Å². The highest BCUT2D eigenvalue weighted by Gasteiger charge is 2.37. The molecule has 0 aliphatic carbocycles. The van der Waals surface area contributed by atoms with E-state index in [-0.39, 0.29) is 11.8 Å². The lowest BCUT2D eigenvalue weighted by Gasteiger charge is -2.36. The maximum absolute atomic E-state index is 13.1. The minimum Gasteiger partial charge on any atom is -0.497 e. The third-order valence-electron chi connectivity index (χ3n) is 5.48. The van der Waals surface area contributed by atoms with Crippen LogP contribution in [0.5, 0.6) is 11.5 Å². The molecule has 5 rings (SSSR count). The number of benzene rings is 1. The SMILES string of the molecule is COc1ccc(OC)c(-c2cc(C(=O)N3CC(c4nc(-c5cccs5)no4)C3)n(C)n2)c1. The van der Waals surface area contributed by atoms with Crippen LogP contribution < -0.4 is 9.47 Å². The van der Waals surface area contributed by atoms with Crippen molar-refractivity contribution < 1.29 is 18.8 Å². The number of carbonyl (C=O) groups is 1. The van der Waals surface area contributed by atoms with E-state index in [1.54, 1.807) is 48.3 Å². The summed E-state index contributed by atoms with van der Waals surface area (Å²) in [4.78, 5) is 20.3. The van der Waals surface area contributed by atoms with Gasteiger partial charge in [-0.25, -0.2) is 0 Å². The van der Waals surface area contributed by atoms with Crippen LogP contribution in [0.15, 0.2) is 46.3 Å². The molecule has 0 radical (unpaired) electrons. The maximum Gasteiger partial charge on any atom is 0.272 e. The van der Waals surface area contributed by atoms with Gasteiger partial charge in [-0.2, -0.15) is 10.1 Å². The lowest BCUT2D eigenvalue weighted by Crippen LogP contribution is -2.49. The number of aryl methyl sites for hydroxylation is 1. The molecule has 4 heterocycles. The fraction of sp³-hybridized carbons (Fsp3) is 0.273. The summed E-state index contributed by atoms with van der Waals surface area (Å²) in [5, 5.41) is 10.6. The zero-order valence-electron chi connectivity index (χ0n) is 17.8. The van der Waals surface area contributed by atoms with Crippen LogP contribution in [0.1, 0.15) is 22.3 Å². The van der Waals surface area contributed by atoms with Gasteiger partial charge in [0.2, 0.25) is 11.7 Å². The van der Waals surface area contributed by atoms with Gasteiger partial charge in [0.05, 0.1) is 30.7 Å². The zero-order chi connectivity index (χ0) is 22.2. The van der Waals surface area contributed by atoms with Gasteiger partial charge in [-0.15, -0.1) is 11.3 Å². The molecule has 0 unspecified atom stereocenters. The molecule has 1 saturated heterocycles. The second-order valence-electron chi connectivity index (χ2n) is 7.45. The van der Waals surface area contributed by atoms with E-state index < -0.39 is 0 Å². The topological polar surface area (TPSA) is 95.5 Å². The molecule has 164 valence electrons. The van der Waals surface area contributed by atoms with Crippen molar-refractivity contribution in [2.75, 3.05) is 27.3 Å². The number of hydrogen-bond acceptors (Lipinski definition) is 8. The summed E-state index contributed by atoms with van der Waals surface area (Å²) >= 11 is 1.56. The van der Waals surface area contributed by atoms with E-state index in [9.17, 15) is 4.79 Å². The molecule has 0 saturated carbocycles. The van der Waals surface area contributed by atoms with E-state index >= 15 is 0 Å². The number of ether oxygens (including phenoxy) is 2. The number of methoxy groups -OCH3 is 2. The van der Waals surface area contributed by atoms with Gasteiger partial charge < -0.3 is 18.9 Å². The van der Waals surface area contributed by atoms with Crippen molar-refractivity contribution in [3.63, 3.8) is 0 Å². The Labute approximate surface area is 188 Å². The van der Waals surface area contributed by atoms with Crippen molar-refractivity contribution in [2.45, 2.75) is 5.92 Å². The summed E-state index contributed by atoms with van der Waals surface area (Å²) < 4.78 is 17.8. The Hall–Kier alpha value is -3.66. The molecule has 32 heavy (non-hydrogen) atoms. The Morgan fingerprint density at radius 3 is 2.75 bits per heavy atom. The van der Waals surface area contributed by atoms with Gasteiger partial charge in [0.25, 0.3) is 5.91 Å². The van der Waals surface area contributed by atoms with Crippen molar-refractivity contribution >= 4 is 17.2 Å².